The molecule has 0 spiro atoms. The zero-order valence-corrected chi connectivity index (χ0v) is 18.1. The van der Waals surface area contributed by atoms with E-state index in [4.69, 9.17) is 4.74 Å². The van der Waals surface area contributed by atoms with E-state index in [0.29, 0.717) is 23.8 Å². The van der Waals surface area contributed by atoms with Crippen LogP contribution < -0.4 is 10.1 Å². The standard InChI is InChI=1S/C25H34N2O3/c1-30-23-14-8-6-12-20(23)25(29)27-21-13-7-5-11-19(21)17-22(27)24(28)26-16-15-18-9-3-2-4-10-18/h6,8-9,12,14,19,21-22H,2-5,7,10-11,13,15-17H2,1H3,(H,26,28). The minimum Gasteiger partial charge on any atom is -0.496 e. The first-order chi connectivity index (χ1) is 14.7. The van der Waals surface area contributed by atoms with Crippen LogP contribution in [0.2, 0.25) is 0 Å². The Hall–Kier alpha value is -2.30. The molecule has 0 aromatic heterocycles. The number of para-hydroxylation sites is 1. The second-order valence-electron chi connectivity index (χ2n) is 8.93. The number of rotatable bonds is 6. The zero-order chi connectivity index (χ0) is 20.9. The van der Waals surface area contributed by atoms with Crippen molar-refractivity contribution in [2.75, 3.05) is 13.7 Å². The Morgan fingerprint density at radius 3 is 2.77 bits per heavy atom. The molecule has 5 nitrogen and oxygen atoms in total. The predicted molar refractivity (Wildman–Crippen MR) is 117 cm³/mol. The topological polar surface area (TPSA) is 58.6 Å². The highest BCUT2D eigenvalue weighted by Crippen LogP contribution is 2.41. The Balaban J connectivity index is 1.49. The summed E-state index contributed by atoms with van der Waals surface area (Å²) in [6.07, 6.45) is 13.3. The Labute approximate surface area is 179 Å². The van der Waals surface area contributed by atoms with Crippen molar-refractivity contribution in [1.82, 2.24) is 10.2 Å². The second-order valence-corrected chi connectivity index (χ2v) is 8.93. The van der Waals surface area contributed by atoms with Crippen LogP contribution in [0.5, 0.6) is 5.75 Å². The number of carbonyl (C=O) groups is 2. The molecule has 2 aliphatic carbocycles. The third-order valence-corrected chi connectivity index (χ3v) is 7.09. The van der Waals surface area contributed by atoms with Gasteiger partial charge in [-0.2, -0.15) is 0 Å². The molecule has 30 heavy (non-hydrogen) atoms. The Kier molecular flexibility index (Phi) is 6.76. The number of ether oxygens (including phenoxy) is 1. The van der Waals surface area contributed by atoms with Crippen LogP contribution in [0.1, 0.15) is 74.6 Å². The molecule has 1 aromatic rings. The maximum absolute atomic E-state index is 13.6. The van der Waals surface area contributed by atoms with Crippen LogP contribution in [0.15, 0.2) is 35.9 Å². The van der Waals surface area contributed by atoms with Gasteiger partial charge in [-0.15, -0.1) is 0 Å². The van der Waals surface area contributed by atoms with E-state index in [9.17, 15) is 9.59 Å². The van der Waals surface area contributed by atoms with E-state index in [2.05, 4.69) is 11.4 Å². The summed E-state index contributed by atoms with van der Waals surface area (Å²) < 4.78 is 5.44. The van der Waals surface area contributed by atoms with Crippen molar-refractivity contribution >= 4 is 11.8 Å². The lowest BCUT2D eigenvalue weighted by Crippen LogP contribution is -2.49. The molecule has 3 atom stereocenters. The molecule has 1 N–H and O–H groups in total. The van der Waals surface area contributed by atoms with E-state index >= 15 is 0 Å². The fourth-order valence-electron chi connectivity index (χ4n) is 5.54. The molecule has 1 saturated heterocycles. The molecule has 1 aromatic carbocycles. The van der Waals surface area contributed by atoms with E-state index in [1.54, 1.807) is 7.11 Å². The highest BCUT2D eigenvalue weighted by Gasteiger charge is 2.47. The number of benzene rings is 1. The first-order valence-corrected chi connectivity index (χ1v) is 11.6. The Bertz CT molecular complexity index is 803. The number of nitrogens with zero attached hydrogens (tertiary/aromatic N) is 1. The lowest BCUT2D eigenvalue weighted by Gasteiger charge is -2.34. The first-order valence-electron chi connectivity index (χ1n) is 11.6. The molecule has 2 fully saturated rings. The predicted octanol–water partition coefficient (Wildman–Crippen LogP) is 4.48. The van der Waals surface area contributed by atoms with Crippen molar-refractivity contribution in [3.8, 4) is 5.75 Å². The smallest absolute Gasteiger partial charge is 0.258 e. The van der Waals surface area contributed by atoms with Gasteiger partial charge in [-0.1, -0.05) is 36.6 Å². The summed E-state index contributed by atoms with van der Waals surface area (Å²) in [5.41, 5.74) is 2.01. The summed E-state index contributed by atoms with van der Waals surface area (Å²) in [5, 5.41) is 3.14. The molecule has 0 bridgehead atoms. The summed E-state index contributed by atoms with van der Waals surface area (Å²) >= 11 is 0. The summed E-state index contributed by atoms with van der Waals surface area (Å²) in [4.78, 5) is 28.6. The molecule has 1 saturated carbocycles. The molecular weight excluding hydrogens is 376 g/mol. The minimum atomic E-state index is -0.379. The molecule has 2 amide bonds. The van der Waals surface area contributed by atoms with E-state index in [-0.39, 0.29) is 23.9 Å². The molecule has 1 aliphatic heterocycles. The highest BCUT2D eigenvalue weighted by molar-refractivity contribution is 6.00. The van der Waals surface area contributed by atoms with Gasteiger partial charge >= 0.3 is 0 Å². The van der Waals surface area contributed by atoms with Crippen LogP contribution >= 0.6 is 0 Å². The van der Waals surface area contributed by atoms with Gasteiger partial charge in [0.15, 0.2) is 0 Å². The van der Waals surface area contributed by atoms with E-state index < -0.39 is 0 Å². The lowest BCUT2D eigenvalue weighted by atomic mass is 9.84. The van der Waals surface area contributed by atoms with Crippen LogP contribution in [-0.4, -0.2) is 42.5 Å². The number of methoxy groups -OCH3 is 1. The van der Waals surface area contributed by atoms with Gasteiger partial charge < -0.3 is 15.0 Å². The quantitative estimate of drug-likeness (QED) is 0.704. The minimum absolute atomic E-state index is 0.00376. The highest BCUT2D eigenvalue weighted by atomic mass is 16.5. The van der Waals surface area contributed by atoms with Crippen molar-refractivity contribution in [3.63, 3.8) is 0 Å². The monoisotopic (exact) mass is 410 g/mol. The SMILES string of the molecule is COc1ccccc1C(=O)N1C(C(=O)NCCC2=CCCCC2)CC2CCCCC21. The van der Waals surface area contributed by atoms with Crippen molar-refractivity contribution in [2.45, 2.75) is 76.3 Å². The third-order valence-electron chi connectivity index (χ3n) is 7.09. The van der Waals surface area contributed by atoms with Gasteiger partial charge in [-0.3, -0.25) is 9.59 Å². The van der Waals surface area contributed by atoms with Crippen molar-refractivity contribution in [3.05, 3.63) is 41.5 Å². The number of nitrogens with one attached hydrogen (secondary N) is 1. The van der Waals surface area contributed by atoms with Gasteiger partial charge in [-0.05, 0) is 69.4 Å². The van der Waals surface area contributed by atoms with Gasteiger partial charge in [0.05, 0.1) is 12.7 Å². The van der Waals surface area contributed by atoms with Crippen LogP contribution in [0, 0.1) is 5.92 Å². The van der Waals surface area contributed by atoms with E-state index in [1.807, 2.05) is 29.2 Å². The summed E-state index contributed by atoms with van der Waals surface area (Å²) in [6.45, 7) is 0.660. The molecule has 1 heterocycles. The van der Waals surface area contributed by atoms with Crippen LogP contribution in [-0.2, 0) is 4.79 Å². The maximum atomic E-state index is 13.6. The Morgan fingerprint density at radius 1 is 1.13 bits per heavy atom. The van der Waals surface area contributed by atoms with Gasteiger partial charge in [0.1, 0.15) is 11.8 Å². The van der Waals surface area contributed by atoms with Crippen LogP contribution in [0.25, 0.3) is 0 Å². The second kappa shape index (κ2) is 9.67. The lowest BCUT2D eigenvalue weighted by molar-refractivity contribution is -0.125. The number of hydrogen-bond donors (Lipinski definition) is 1. The van der Waals surface area contributed by atoms with Crippen LogP contribution in [0.3, 0.4) is 0 Å². The average Bonchev–Trinajstić information content (AvgIpc) is 3.19. The number of allylic oxidation sites excluding steroid dienone is 1. The molecule has 0 radical (unpaired) electrons. The molecular formula is C25H34N2O3. The van der Waals surface area contributed by atoms with Gasteiger partial charge in [0.25, 0.3) is 5.91 Å². The maximum Gasteiger partial charge on any atom is 0.258 e. The number of likely N-dealkylation sites (tertiary alicyclic amines) is 1. The van der Waals surface area contributed by atoms with Crippen molar-refractivity contribution < 1.29 is 14.3 Å². The first kappa shape index (κ1) is 21.0. The van der Waals surface area contributed by atoms with Crippen LogP contribution in [0.4, 0.5) is 0 Å². The van der Waals surface area contributed by atoms with Crippen molar-refractivity contribution in [1.29, 1.82) is 0 Å². The van der Waals surface area contributed by atoms with Gasteiger partial charge in [0, 0.05) is 12.6 Å². The largest absolute Gasteiger partial charge is 0.496 e. The normalized spacial score (nSPS) is 26.0. The number of carbonyl (C=O) groups excluding carboxylic acids is 2. The summed E-state index contributed by atoms with van der Waals surface area (Å²) in [7, 11) is 1.59. The summed E-state index contributed by atoms with van der Waals surface area (Å²) in [5.74, 6) is 0.931. The third kappa shape index (κ3) is 4.40. The van der Waals surface area contributed by atoms with Gasteiger partial charge in [0.2, 0.25) is 5.91 Å². The average molecular weight is 411 g/mol. The zero-order valence-electron chi connectivity index (χ0n) is 18.1. The number of fused-ring (bicyclic) bond motifs is 1. The van der Waals surface area contributed by atoms with E-state index in [1.165, 1.54) is 24.8 Å². The fourth-order valence-corrected chi connectivity index (χ4v) is 5.54. The molecule has 3 aliphatic rings. The van der Waals surface area contributed by atoms with Crippen molar-refractivity contribution in [2.24, 2.45) is 5.92 Å². The van der Waals surface area contributed by atoms with Gasteiger partial charge in [-0.25, -0.2) is 0 Å². The number of amides is 2. The molecule has 162 valence electrons. The molecule has 4 rings (SSSR count). The Morgan fingerprint density at radius 2 is 1.97 bits per heavy atom. The summed E-state index contributed by atoms with van der Waals surface area (Å²) in [6, 6.07) is 7.13. The number of hydrogen-bond acceptors (Lipinski definition) is 3. The fraction of sp³-hybridized carbons (Fsp3) is 0.600. The van der Waals surface area contributed by atoms with E-state index in [0.717, 1.165) is 44.9 Å². The molecule has 3 unspecified atom stereocenters. The molecule has 5 heteroatoms.